The maximum Gasteiger partial charge on any atom is 0.260 e. The largest absolute Gasteiger partial charge is 0.481 e. The number of nitrogens with zero attached hydrogens (tertiary/aromatic N) is 1. The number of likely N-dealkylation sites (tertiary alicyclic amines) is 1. The summed E-state index contributed by atoms with van der Waals surface area (Å²) in [6, 6.07) is 13.7. The fraction of sp³-hybridized carbons (Fsp3) is 0.348. The summed E-state index contributed by atoms with van der Waals surface area (Å²) in [6.45, 7) is 4.21. The molecule has 164 valence electrons. The number of hydrogen-bond donors (Lipinski definition) is 2. The van der Waals surface area contributed by atoms with Crippen molar-refractivity contribution in [2.45, 2.75) is 38.8 Å². The Kier molecular flexibility index (Phi) is 7.52. The number of carbonyl (C=O) groups excluding carboxylic acids is 3. The van der Waals surface area contributed by atoms with Crippen LogP contribution in [0.25, 0.3) is 0 Å². The summed E-state index contributed by atoms with van der Waals surface area (Å²) in [5.74, 6) is 0.114. The molecular weight excluding hydrogens is 418 g/mol. The number of rotatable bonds is 6. The van der Waals surface area contributed by atoms with Gasteiger partial charge < -0.3 is 20.3 Å². The molecule has 1 aliphatic rings. The minimum absolute atomic E-state index is 0.0152. The van der Waals surface area contributed by atoms with Crippen LogP contribution < -0.4 is 15.4 Å². The van der Waals surface area contributed by atoms with Gasteiger partial charge in [-0.15, -0.1) is 0 Å². The van der Waals surface area contributed by atoms with Gasteiger partial charge in [-0.25, -0.2) is 0 Å². The average molecular weight is 444 g/mol. The van der Waals surface area contributed by atoms with Crippen LogP contribution in [-0.4, -0.2) is 47.9 Å². The maximum atomic E-state index is 12.8. The van der Waals surface area contributed by atoms with E-state index in [0.717, 1.165) is 0 Å². The van der Waals surface area contributed by atoms with E-state index in [4.69, 9.17) is 16.3 Å². The number of piperidine rings is 1. The number of amides is 3. The summed E-state index contributed by atoms with van der Waals surface area (Å²) in [5.41, 5.74) is 1.12. The molecule has 2 aromatic carbocycles. The monoisotopic (exact) mass is 443 g/mol. The molecule has 0 spiro atoms. The molecule has 1 unspecified atom stereocenters. The lowest BCUT2D eigenvalue weighted by molar-refractivity contribution is -0.128. The van der Waals surface area contributed by atoms with Crippen LogP contribution in [0.2, 0.25) is 5.02 Å². The van der Waals surface area contributed by atoms with Crippen LogP contribution in [0, 0.1) is 0 Å². The SMILES string of the molecule is CC(=O)Nc1cccc(C(=O)N2CCC(NC(=O)C(C)Oc3ccc(Cl)cc3)CC2)c1. The molecule has 31 heavy (non-hydrogen) atoms. The van der Waals surface area contributed by atoms with E-state index >= 15 is 0 Å². The molecule has 7 nitrogen and oxygen atoms in total. The predicted octanol–water partition coefficient (Wildman–Crippen LogP) is 3.49. The van der Waals surface area contributed by atoms with Gasteiger partial charge in [-0.2, -0.15) is 0 Å². The van der Waals surface area contributed by atoms with Gasteiger partial charge in [-0.3, -0.25) is 14.4 Å². The summed E-state index contributed by atoms with van der Waals surface area (Å²) < 4.78 is 5.66. The normalized spacial score (nSPS) is 15.1. The van der Waals surface area contributed by atoms with Gasteiger partial charge in [0, 0.05) is 42.3 Å². The molecule has 0 bridgehead atoms. The molecule has 2 aromatic rings. The molecule has 1 atom stereocenters. The van der Waals surface area contributed by atoms with Gasteiger partial charge in [0.2, 0.25) is 5.91 Å². The lowest BCUT2D eigenvalue weighted by Crippen LogP contribution is -2.49. The molecule has 0 aromatic heterocycles. The number of carbonyl (C=O) groups is 3. The van der Waals surface area contributed by atoms with Crippen molar-refractivity contribution in [2.75, 3.05) is 18.4 Å². The molecule has 3 rings (SSSR count). The van der Waals surface area contributed by atoms with Gasteiger partial charge in [0.15, 0.2) is 6.10 Å². The maximum absolute atomic E-state index is 12.8. The second-order valence-electron chi connectivity index (χ2n) is 7.55. The number of nitrogens with one attached hydrogen (secondary N) is 2. The smallest absolute Gasteiger partial charge is 0.260 e. The van der Waals surface area contributed by atoms with Gasteiger partial charge in [0.05, 0.1) is 0 Å². The number of hydrogen-bond acceptors (Lipinski definition) is 4. The Morgan fingerprint density at radius 2 is 1.77 bits per heavy atom. The van der Waals surface area contributed by atoms with Gasteiger partial charge in [-0.1, -0.05) is 17.7 Å². The van der Waals surface area contributed by atoms with Gasteiger partial charge in [0.25, 0.3) is 11.8 Å². The average Bonchev–Trinajstić information content (AvgIpc) is 2.75. The van der Waals surface area contributed by atoms with Crippen LogP contribution in [-0.2, 0) is 9.59 Å². The highest BCUT2D eigenvalue weighted by Crippen LogP contribution is 2.19. The Balaban J connectivity index is 1.48. The van der Waals surface area contributed by atoms with Gasteiger partial charge >= 0.3 is 0 Å². The Hall–Kier alpha value is -3.06. The Bertz CT molecular complexity index is 940. The van der Waals surface area contributed by atoms with E-state index in [-0.39, 0.29) is 23.8 Å². The summed E-state index contributed by atoms with van der Waals surface area (Å²) in [6.07, 6.45) is 0.685. The first-order chi connectivity index (χ1) is 14.8. The van der Waals surface area contributed by atoms with E-state index in [1.807, 2.05) is 0 Å². The first-order valence-electron chi connectivity index (χ1n) is 10.2. The fourth-order valence-electron chi connectivity index (χ4n) is 3.43. The number of halogens is 1. The number of benzene rings is 2. The zero-order valence-corrected chi connectivity index (χ0v) is 18.3. The third-order valence-corrected chi connectivity index (χ3v) is 5.31. The lowest BCUT2D eigenvalue weighted by atomic mass is 10.0. The van der Waals surface area contributed by atoms with Crippen molar-refractivity contribution in [3.63, 3.8) is 0 Å². The molecular formula is C23H26ClN3O4. The zero-order chi connectivity index (χ0) is 22.4. The molecule has 0 radical (unpaired) electrons. The summed E-state index contributed by atoms with van der Waals surface area (Å²) in [4.78, 5) is 38.3. The van der Waals surface area contributed by atoms with Crippen LogP contribution in [0.15, 0.2) is 48.5 Å². The molecule has 1 fully saturated rings. The molecule has 0 aliphatic carbocycles. The Labute approximate surface area is 186 Å². The van der Waals surface area contributed by atoms with E-state index in [1.54, 1.807) is 60.4 Å². The fourth-order valence-corrected chi connectivity index (χ4v) is 3.56. The van der Waals surface area contributed by atoms with Crippen molar-refractivity contribution < 1.29 is 19.1 Å². The topological polar surface area (TPSA) is 87.7 Å². The van der Waals surface area contributed by atoms with Crippen LogP contribution >= 0.6 is 11.6 Å². The highest BCUT2D eigenvalue weighted by atomic mass is 35.5. The quantitative estimate of drug-likeness (QED) is 0.715. The molecule has 0 saturated carbocycles. The minimum Gasteiger partial charge on any atom is -0.481 e. The number of anilines is 1. The molecule has 8 heteroatoms. The summed E-state index contributed by atoms with van der Waals surface area (Å²) in [7, 11) is 0. The van der Waals surface area contributed by atoms with E-state index in [0.29, 0.717) is 48.0 Å². The molecule has 1 aliphatic heterocycles. The summed E-state index contributed by atoms with van der Waals surface area (Å²) >= 11 is 5.86. The Morgan fingerprint density at radius 1 is 1.10 bits per heavy atom. The second kappa shape index (κ2) is 10.3. The minimum atomic E-state index is -0.641. The van der Waals surface area contributed by atoms with Gasteiger partial charge in [-0.05, 0) is 62.2 Å². The van der Waals surface area contributed by atoms with Crippen molar-refractivity contribution >= 4 is 35.0 Å². The van der Waals surface area contributed by atoms with E-state index in [1.165, 1.54) is 6.92 Å². The van der Waals surface area contributed by atoms with Crippen LogP contribution in [0.5, 0.6) is 5.75 Å². The number of ether oxygens (including phenoxy) is 1. The predicted molar refractivity (Wildman–Crippen MR) is 119 cm³/mol. The van der Waals surface area contributed by atoms with Crippen molar-refractivity contribution in [1.29, 1.82) is 0 Å². The zero-order valence-electron chi connectivity index (χ0n) is 17.6. The molecule has 2 N–H and O–H groups in total. The third kappa shape index (κ3) is 6.46. The van der Waals surface area contributed by atoms with Crippen LogP contribution in [0.3, 0.4) is 0 Å². The van der Waals surface area contributed by atoms with Crippen molar-refractivity contribution in [1.82, 2.24) is 10.2 Å². The lowest BCUT2D eigenvalue weighted by Gasteiger charge is -2.33. The second-order valence-corrected chi connectivity index (χ2v) is 7.99. The van der Waals surface area contributed by atoms with Crippen LogP contribution in [0.1, 0.15) is 37.0 Å². The first kappa shape index (κ1) is 22.6. The van der Waals surface area contributed by atoms with Crippen molar-refractivity contribution in [3.8, 4) is 5.75 Å². The molecule has 1 heterocycles. The highest BCUT2D eigenvalue weighted by Gasteiger charge is 2.26. The standard InChI is InChI=1S/C23H26ClN3O4/c1-15(31-21-8-6-18(24)7-9-21)22(29)26-19-10-12-27(13-11-19)23(30)17-4-3-5-20(14-17)25-16(2)28/h3-9,14-15,19H,10-13H2,1-2H3,(H,25,28)(H,26,29). The molecule has 3 amide bonds. The van der Waals surface area contributed by atoms with Gasteiger partial charge in [0.1, 0.15) is 5.75 Å². The van der Waals surface area contributed by atoms with Crippen molar-refractivity contribution in [2.24, 2.45) is 0 Å². The first-order valence-corrected chi connectivity index (χ1v) is 10.6. The molecule has 1 saturated heterocycles. The van der Waals surface area contributed by atoms with Crippen LogP contribution in [0.4, 0.5) is 5.69 Å². The van der Waals surface area contributed by atoms with E-state index < -0.39 is 6.10 Å². The van der Waals surface area contributed by atoms with E-state index in [2.05, 4.69) is 10.6 Å². The Morgan fingerprint density at radius 3 is 2.42 bits per heavy atom. The van der Waals surface area contributed by atoms with E-state index in [9.17, 15) is 14.4 Å². The third-order valence-electron chi connectivity index (χ3n) is 5.05. The van der Waals surface area contributed by atoms with Crippen molar-refractivity contribution in [3.05, 3.63) is 59.1 Å². The highest BCUT2D eigenvalue weighted by molar-refractivity contribution is 6.30. The summed E-state index contributed by atoms with van der Waals surface area (Å²) in [5, 5.41) is 6.30.